The summed E-state index contributed by atoms with van der Waals surface area (Å²) in [4.78, 5) is 8.76. The van der Waals surface area contributed by atoms with Gasteiger partial charge in [-0.1, -0.05) is 13.8 Å². The molecule has 17 heavy (non-hydrogen) atoms. The zero-order valence-corrected chi connectivity index (χ0v) is 12.0. The van der Waals surface area contributed by atoms with Gasteiger partial charge in [-0.05, 0) is 25.9 Å². The second kappa shape index (κ2) is 4.48. The predicted octanol–water partition coefficient (Wildman–Crippen LogP) is 2.57. The van der Waals surface area contributed by atoms with E-state index in [9.17, 15) is 0 Å². The quantitative estimate of drug-likeness (QED) is 0.780. The molecule has 2 heterocycles. The number of imidazole rings is 2. The second-order valence-corrected chi connectivity index (χ2v) is 8.72. The van der Waals surface area contributed by atoms with Gasteiger partial charge >= 0.3 is 0 Å². The van der Waals surface area contributed by atoms with Gasteiger partial charge in [0.2, 0.25) is 0 Å². The zero-order valence-electron chi connectivity index (χ0n) is 11.0. The van der Waals surface area contributed by atoms with Crippen molar-refractivity contribution in [2.45, 2.75) is 39.8 Å². The van der Waals surface area contributed by atoms with Gasteiger partial charge in [-0.15, -0.1) is 0 Å². The van der Waals surface area contributed by atoms with Crippen molar-refractivity contribution in [1.29, 1.82) is 0 Å². The van der Waals surface area contributed by atoms with Crippen LogP contribution in [0.2, 0.25) is 12.1 Å². The average Bonchev–Trinajstić information content (AvgIpc) is 2.93. The summed E-state index contributed by atoms with van der Waals surface area (Å²) in [6, 6.07) is 2.30. The molecule has 0 radical (unpaired) electrons. The van der Waals surface area contributed by atoms with Crippen molar-refractivity contribution in [2.24, 2.45) is 0 Å². The molecule has 0 amide bonds. The van der Waals surface area contributed by atoms with E-state index in [4.69, 9.17) is 0 Å². The Balaban J connectivity index is 2.62. The minimum Gasteiger partial charge on any atom is -0.343 e. The minimum atomic E-state index is -1.77. The van der Waals surface area contributed by atoms with E-state index < -0.39 is 8.40 Å². The maximum Gasteiger partial charge on any atom is 0.273 e. The van der Waals surface area contributed by atoms with Crippen LogP contribution in [0, 0.1) is 13.8 Å². The van der Waals surface area contributed by atoms with Crippen LogP contribution in [-0.2, 0) is 0 Å². The van der Waals surface area contributed by atoms with E-state index in [1.807, 2.05) is 12.4 Å². The lowest BCUT2D eigenvalue weighted by molar-refractivity contribution is 0.873. The molecule has 2 rings (SSSR count). The fourth-order valence-electron chi connectivity index (χ4n) is 2.68. The molecule has 0 atom stereocenters. The molecule has 0 fully saturated rings. The fourth-order valence-corrected chi connectivity index (χ4v) is 6.79. The fraction of sp³-hybridized carbons (Fsp3) is 0.500. The molecule has 2 aromatic rings. The third-order valence-corrected chi connectivity index (χ3v) is 8.68. The van der Waals surface area contributed by atoms with Gasteiger partial charge in [0.15, 0.2) is 0 Å². The van der Waals surface area contributed by atoms with Crippen LogP contribution >= 0.6 is 0 Å². The topological polar surface area (TPSA) is 35.6 Å². The molecule has 2 aromatic heterocycles. The molecule has 0 saturated carbocycles. The summed E-state index contributed by atoms with van der Waals surface area (Å²) in [7, 11) is -1.77. The second-order valence-electron chi connectivity index (χ2n) is 4.38. The zero-order chi connectivity index (χ0) is 12.5. The minimum absolute atomic E-state index is 1.11. The number of hydrogen-bond donors (Lipinski definition) is 0. The third-order valence-electron chi connectivity index (χ3n) is 3.68. The Labute approximate surface area is 103 Å². The van der Waals surface area contributed by atoms with Crippen LogP contribution < -0.4 is 0 Å². The van der Waals surface area contributed by atoms with Gasteiger partial charge in [0.05, 0.1) is 11.6 Å². The SMILES string of the molecule is CC[Si](CC)(n1ccnc1C)n1ccnc1C. The summed E-state index contributed by atoms with van der Waals surface area (Å²) < 4.78 is 4.78. The van der Waals surface area contributed by atoms with Crippen LogP contribution in [0.4, 0.5) is 0 Å². The summed E-state index contributed by atoms with van der Waals surface area (Å²) in [5.41, 5.74) is 0. The van der Waals surface area contributed by atoms with Gasteiger partial charge in [-0.2, -0.15) is 0 Å². The average molecular weight is 248 g/mol. The van der Waals surface area contributed by atoms with Crippen LogP contribution in [0.25, 0.3) is 0 Å². The molecule has 4 nitrogen and oxygen atoms in total. The lowest BCUT2D eigenvalue weighted by atomic mass is 10.8. The monoisotopic (exact) mass is 248 g/mol. The lowest BCUT2D eigenvalue weighted by Crippen LogP contribution is -2.50. The van der Waals surface area contributed by atoms with Crippen molar-refractivity contribution in [3.05, 3.63) is 36.4 Å². The molecule has 0 N–H and O–H groups in total. The van der Waals surface area contributed by atoms with E-state index in [-0.39, 0.29) is 0 Å². The summed E-state index contributed by atoms with van der Waals surface area (Å²) in [5.74, 6) is 2.21. The van der Waals surface area contributed by atoms with E-state index in [1.165, 1.54) is 0 Å². The van der Waals surface area contributed by atoms with Crippen molar-refractivity contribution >= 4 is 8.40 Å². The van der Waals surface area contributed by atoms with Crippen molar-refractivity contribution < 1.29 is 0 Å². The standard InChI is InChI=1S/C12H20N4Si/c1-5-17(6-2,15-9-7-13-11(15)3)16-10-8-14-12(16)4/h7-10H,5-6H2,1-4H3. The maximum absolute atomic E-state index is 4.38. The highest BCUT2D eigenvalue weighted by Gasteiger charge is 2.36. The molecule has 0 spiro atoms. The number of hydrogen-bond acceptors (Lipinski definition) is 2. The predicted molar refractivity (Wildman–Crippen MR) is 71.4 cm³/mol. The highest BCUT2D eigenvalue weighted by molar-refractivity contribution is 6.76. The Morgan fingerprint density at radius 2 is 1.35 bits per heavy atom. The molecule has 92 valence electrons. The summed E-state index contributed by atoms with van der Waals surface area (Å²) in [6.07, 6.45) is 8.03. The van der Waals surface area contributed by atoms with Crippen LogP contribution in [-0.4, -0.2) is 26.8 Å². The Bertz CT molecular complexity index is 454. The van der Waals surface area contributed by atoms with Crippen molar-refractivity contribution in [3.63, 3.8) is 0 Å². The largest absolute Gasteiger partial charge is 0.343 e. The normalized spacial score (nSPS) is 12.0. The molecule has 0 saturated heterocycles. The van der Waals surface area contributed by atoms with Crippen LogP contribution in [0.3, 0.4) is 0 Å². The molecule has 0 unspecified atom stereocenters. The summed E-state index contributed by atoms with van der Waals surface area (Å²) in [5, 5.41) is 0. The van der Waals surface area contributed by atoms with Crippen LogP contribution in [0.15, 0.2) is 24.8 Å². The van der Waals surface area contributed by atoms with Crippen LogP contribution in [0.5, 0.6) is 0 Å². The van der Waals surface area contributed by atoms with E-state index >= 15 is 0 Å². The number of aromatic nitrogens is 4. The van der Waals surface area contributed by atoms with Crippen molar-refractivity contribution in [1.82, 2.24) is 18.4 Å². The van der Waals surface area contributed by atoms with Gasteiger partial charge in [-0.3, -0.25) is 0 Å². The van der Waals surface area contributed by atoms with Crippen molar-refractivity contribution in [3.8, 4) is 0 Å². The Hall–Kier alpha value is -1.36. The first-order valence-corrected chi connectivity index (χ1v) is 8.47. The van der Waals surface area contributed by atoms with E-state index in [1.54, 1.807) is 0 Å². The Kier molecular flexibility index (Phi) is 3.19. The molecule has 0 aromatic carbocycles. The third kappa shape index (κ3) is 1.74. The van der Waals surface area contributed by atoms with Crippen LogP contribution in [0.1, 0.15) is 25.5 Å². The molecule has 5 heteroatoms. The van der Waals surface area contributed by atoms with Gasteiger partial charge in [0, 0.05) is 24.8 Å². The molecule has 0 aliphatic heterocycles. The molecular weight excluding hydrogens is 228 g/mol. The first kappa shape index (κ1) is 12.1. The number of nitrogens with zero attached hydrogens (tertiary/aromatic N) is 4. The Morgan fingerprint density at radius 3 is 1.59 bits per heavy atom. The van der Waals surface area contributed by atoms with Gasteiger partial charge in [0.25, 0.3) is 8.40 Å². The number of aryl methyl sites for hydroxylation is 2. The maximum atomic E-state index is 4.38. The molecule has 0 aliphatic rings. The summed E-state index contributed by atoms with van der Waals surface area (Å²) >= 11 is 0. The molecule has 0 aliphatic carbocycles. The van der Waals surface area contributed by atoms with Crippen molar-refractivity contribution in [2.75, 3.05) is 0 Å². The smallest absolute Gasteiger partial charge is 0.273 e. The first-order chi connectivity index (χ1) is 8.15. The first-order valence-electron chi connectivity index (χ1n) is 6.16. The van der Waals surface area contributed by atoms with E-state index in [0.29, 0.717) is 0 Å². The van der Waals surface area contributed by atoms with E-state index in [0.717, 1.165) is 23.7 Å². The molecular formula is C12H20N4Si. The molecule has 0 bridgehead atoms. The van der Waals surface area contributed by atoms with Gasteiger partial charge in [0.1, 0.15) is 0 Å². The highest BCUT2D eigenvalue weighted by atomic mass is 28.3. The van der Waals surface area contributed by atoms with Gasteiger partial charge < -0.3 is 8.47 Å². The highest BCUT2D eigenvalue weighted by Crippen LogP contribution is 2.23. The lowest BCUT2D eigenvalue weighted by Gasteiger charge is -2.33. The Morgan fingerprint density at radius 1 is 0.941 bits per heavy atom. The van der Waals surface area contributed by atoms with E-state index in [2.05, 4.69) is 58.5 Å². The number of rotatable bonds is 4. The summed E-state index contributed by atoms with van der Waals surface area (Å²) in [6.45, 7) is 8.71. The van der Waals surface area contributed by atoms with Gasteiger partial charge in [-0.25, -0.2) is 9.97 Å².